The SMILES string of the molecule is CCCCOP(=O)(O)OC1C[C@H](n2cc(C)c(=O)[nH]c2=O)O[C@@H]1COP(=O)(O)OC1C[C@H](n2cc(C)c(=O)[nH]c2=O)O[C@@H]1CCOP(C)(=O)OC1C[C@H](n2cnc3c(=O)[nH]cnc32)O[C@@H]1COP(=O)(O)OC1C[C@H](n2cc(C)c(=O)[nH]c2=O)O[C@@H]1COP(=O)(O)OCCCCNC(=O)c1ccc(C(S)=C(S)c2ccccc2)cc1. The summed E-state index contributed by atoms with van der Waals surface area (Å²) in [7, 11) is -25.0. The van der Waals surface area contributed by atoms with Crippen molar-refractivity contribution < 1.29 is 111 Å². The van der Waals surface area contributed by atoms with E-state index in [1.807, 2.05) is 30.3 Å². The minimum absolute atomic E-state index is 0.00286. The van der Waals surface area contributed by atoms with Gasteiger partial charge in [0.05, 0.1) is 64.5 Å². The number of rotatable bonds is 38. The first-order valence-electron chi connectivity index (χ1n) is 35.5. The van der Waals surface area contributed by atoms with Gasteiger partial charge in [0.1, 0.15) is 61.5 Å². The van der Waals surface area contributed by atoms with Gasteiger partial charge in [0.25, 0.3) is 28.1 Å². The predicted molar refractivity (Wildman–Crippen MR) is 407 cm³/mol. The number of aryl methyl sites for hydroxylation is 3. The molecule has 49 heteroatoms. The van der Waals surface area contributed by atoms with Crippen LogP contribution in [-0.2, 0) is 87.0 Å². The van der Waals surface area contributed by atoms with E-state index in [1.54, 1.807) is 31.2 Å². The second-order valence-electron chi connectivity index (χ2n) is 26.8. The summed E-state index contributed by atoms with van der Waals surface area (Å²) in [5, 5.41) is 2.77. The molecular weight excluding hydrogens is 1650 g/mol. The van der Waals surface area contributed by atoms with E-state index in [2.05, 4.69) is 60.5 Å². The lowest BCUT2D eigenvalue weighted by molar-refractivity contribution is -0.0562. The lowest BCUT2D eigenvalue weighted by Gasteiger charge is -2.26. The topological polar surface area (TPSA) is 553 Å². The number of hydrogen-bond acceptors (Lipinski definition) is 31. The third-order valence-corrected chi connectivity index (χ3v) is 24.9. The Bertz CT molecular complexity index is 5350. The Morgan fingerprint density at radius 1 is 0.509 bits per heavy atom. The highest BCUT2D eigenvalue weighted by Gasteiger charge is 2.49. The van der Waals surface area contributed by atoms with Crippen molar-refractivity contribution in [2.75, 3.05) is 52.9 Å². The van der Waals surface area contributed by atoms with Crippen LogP contribution in [0.3, 0.4) is 0 Å². The number of carbonyl (C=O) groups is 1. The number of unbranched alkanes of at least 4 members (excludes halogenated alkanes) is 2. The van der Waals surface area contributed by atoms with Gasteiger partial charge in [-0.2, -0.15) is 0 Å². The summed E-state index contributed by atoms with van der Waals surface area (Å²) in [6.45, 7) is 3.36. The van der Waals surface area contributed by atoms with E-state index >= 15 is 0 Å². The van der Waals surface area contributed by atoms with E-state index in [1.165, 1.54) is 44.1 Å². The molecule has 0 radical (unpaired) electrons. The summed E-state index contributed by atoms with van der Waals surface area (Å²) in [6, 6.07) is 16.1. The predicted octanol–water partition coefficient (Wildman–Crippen LogP) is 5.80. The molecule has 4 saturated heterocycles. The number of phosphoric acid groups is 4. The number of imidazole rings is 1. The largest absolute Gasteiger partial charge is 0.472 e. The molecule has 9 heterocycles. The first-order valence-corrected chi connectivity index (χ1v) is 44.3. The van der Waals surface area contributed by atoms with Gasteiger partial charge in [-0.05, 0) is 63.3 Å². The molecule has 42 nitrogen and oxygen atoms in total. The number of thiol groups is 2. The number of H-pyrrole nitrogens is 4. The third kappa shape index (κ3) is 22.9. The number of ether oxygens (including phenoxy) is 4. The number of hydrogen-bond donors (Lipinski definition) is 11. The van der Waals surface area contributed by atoms with Crippen LogP contribution in [0.5, 0.6) is 0 Å². The number of carbonyl (C=O) groups excluding carboxylic acids is 1. The molecule has 0 bridgehead atoms. The van der Waals surface area contributed by atoms with E-state index in [0.717, 1.165) is 44.0 Å². The molecule has 622 valence electrons. The molecule has 4 fully saturated rings. The van der Waals surface area contributed by atoms with Crippen LogP contribution in [0.4, 0.5) is 0 Å². The van der Waals surface area contributed by atoms with Crippen LogP contribution >= 0.6 is 64.1 Å². The fraction of sp³-hybridized carbons (Fsp3) is 0.508. The van der Waals surface area contributed by atoms with Crippen LogP contribution in [0, 0.1) is 20.8 Å². The van der Waals surface area contributed by atoms with Gasteiger partial charge in [-0.15, -0.1) is 25.3 Å². The number of aromatic amines is 4. The van der Waals surface area contributed by atoms with Crippen LogP contribution in [-0.4, -0.2) is 175 Å². The molecule has 0 spiro atoms. The minimum Gasteiger partial charge on any atom is -0.352 e. The second-order valence-corrected chi connectivity index (χ2v) is 35.4. The number of fused-ring (bicyclic) bond motifs is 1. The first kappa shape index (κ1) is 88.0. The van der Waals surface area contributed by atoms with Crippen molar-refractivity contribution >= 4 is 91.0 Å². The van der Waals surface area contributed by atoms with Gasteiger partial charge in [0, 0.05) is 96.0 Å². The standard InChI is InChI=1S/C65H84N11O31P5S2/c1-6-7-21-96-110(88,89)106-45-26-51(74-29-37(3)59(78)71-64(74)83)102-49(45)33-99-111(90,91)105-43-24-50(73-28-36(2)58(77)70-63(73)82)100-42(43)19-23-94-108(5,85)104-44-25-53(76-35-69-54-57(76)67-34-68-62(54)81)103-47(44)32-98-112(92,93)107-46-27-52(75-30-38(4)60(79)72-65(75)84)101-48(46)31-97-109(86,87)95-22-12-11-20-66-61(80)41-17-15-40(16-18-41)56(114)55(113)39-13-9-8-10-14-39/h8-10,13-18,28-30,34-35,42-53,113-114H,6-7,11-12,19-27,31-33H2,1-5H3,(H,66,80)(H,86,87)(H,88,89)(H,90,91)(H,92,93)(H,67,68,81)(H,70,77,82)(H,71,78,83)(H,72,79,84)/t42-,43?,44?,45?,46?,47-,48-,49-,50-,51-,52-,53-,108?/m1/s1. The normalized spacial score (nSPS) is 25.4. The molecule has 9 unspecified atom stereocenters. The van der Waals surface area contributed by atoms with Crippen LogP contribution in [0.2, 0.25) is 0 Å². The molecule has 0 aliphatic carbocycles. The van der Waals surface area contributed by atoms with Crippen molar-refractivity contribution in [3.05, 3.63) is 192 Å². The molecule has 4 aliphatic rings. The quantitative estimate of drug-likeness (QED) is 0.00943. The van der Waals surface area contributed by atoms with Crippen molar-refractivity contribution in [2.45, 2.75) is 159 Å². The Hall–Kier alpha value is -6.83. The van der Waals surface area contributed by atoms with Gasteiger partial charge in [0.2, 0.25) is 0 Å². The van der Waals surface area contributed by atoms with Crippen molar-refractivity contribution in [1.82, 2.24) is 53.5 Å². The average molecular weight is 1730 g/mol. The molecule has 7 aromatic rings. The van der Waals surface area contributed by atoms with E-state index in [4.69, 9.17) is 64.2 Å². The molecule has 4 aliphatic heterocycles. The zero-order valence-electron chi connectivity index (χ0n) is 61.5. The number of nitrogens with zero attached hydrogens (tertiary/aromatic N) is 6. The molecule has 114 heavy (non-hydrogen) atoms. The summed E-state index contributed by atoms with van der Waals surface area (Å²) in [4.78, 5) is 165. The average Bonchev–Trinajstić information content (AvgIpc) is 1.64. The van der Waals surface area contributed by atoms with E-state index < -0.39 is 191 Å². The molecule has 2 aromatic carbocycles. The van der Waals surface area contributed by atoms with Crippen molar-refractivity contribution in [3.8, 4) is 0 Å². The molecule has 9 N–H and O–H groups in total. The van der Waals surface area contributed by atoms with E-state index in [0.29, 0.717) is 28.2 Å². The van der Waals surface area contributed by atoms with E-state index in [-0.39, 0.29) is 85.6 Å². The van der Waals surface area contributed by atoms with Gasteiger partial charge < -0.3 is 57.9 Å². The lowest BCUT2D eigenvalue weighted by Crippen LogP contribution is -2.33. The third-order valence-electron chi connectivity index (χ3n) is 18.4. The summed E-state index contributed by atoms with van der Waals surface area (Å²) < 4.78 is 153. The van der Waals surface area contributed by atoms with Crippen LogP contribution in [0.1, 0.15) is 128 Å². The number of aromatic nitrogens is 10. The van der Waals surface area contributed by atoms with E-state index in [9.17, 15) is 80.8 Å². The van der Waals surface area contributed by atoms with Crippen LogP contribution in [0.25, 0.3) is 21.0 Å². The van der Waals surface area contributed by atoms with Crippen molar-refractivity contribution in [2.24, 2.45) is 0 Å². The highest BCUT2D eigenvalue weighted by molar-refractivity contribution is 7.96. The fourth-order valence-electron chi connectivity index (χ4n) is 12.5. The van der Waals surface area contributed by atoms with Crippen LogP contribution in [0.15, 0.2) is 119 Å². The summed E-state index contributed by atoms with van der Waals surface area (Å²) in [5.41, 5.74) is -3.60. The zero-order chi connectivity index (χ0) is 82.2. The smallest absolute Gasteiger partial charge is 0.352 e. The molecular formula is C65H84N11O31P5S2. The maximum atomic E-state index is 14.6. The number of nitrogens with one attached hydrogen (secondary N) is 5. The highest BCUT2D eigenvalue weighted by atomic mass is 32.1. The molecule has 0 saturated carbocycles. The Kier molecular flexibility index (Phi) is 29.2. The van der Waals surface area contributed by atoms with Gasteiger partial charge in [-0.3, -0.25) is 97.9 Å². The Morgan fingerprint density at radius 2 is 0.921 bits per heavy atom. The van der Waals surface area contributed by atoms with Crippen molar-refractivity contribution in [1.29, 1.82) is 0 Å². The highest BCUT2D eigenvalue weighted by Crippen LogP contribution is 2.55. The van der Waals surface area contributed by atoms with Gasteiger partial charge in [-0.25, -0.2) is 42.6 Å². The number of benzene rings is 2. The molecule has 1 amide bonds. The summed E-state index contributed by atoms with van der Waals surface area (Å²) in [6.07, 6.45) is -11.7. The summed E-state index contributed by atoms with van der Waals surface area (Å²) >= 11 is 9.25. The first-order chi connectivity index (χ1) is 53.9. The number of amides is 1. The molecule has 5 aromatic heterocycles. The zero-order valence-corrected chi connectivity index (χ0v) is 67.7. The molecule has 17 atom stereocenters. The minimum atomic E-state index is -5.42. The van der Waals surface area contributed by atoms with Gasteiger partial charge >= 0.3 is 56.0 Å². The fourth-order valence-corrected chi connectivity index (χ4v) is 18.0. The Labute approximate surface area is 656 Å². The van der Waals surface area contributed by atoms with Crippen molar-refractivity contribution in [3.63, 3.8) is 0 Å². The van der Waals surface area contributed by atoms with Gasteiger partial charge in [-0.1, -0.05) is 55.8 Å². The lowest BCUT2D eigenvalue weighted by atomic mass is 10.1. The second kappa shape index (κ2) is 37.8. The maximum Gasteiger partial charge on any atom is 0.472 e. The maximum absolute atomic E-state index is 14.6. The monoisotopic (exact) mass is 1730 g/mol. The Morgan fingerprint density at radius 3 is 1.41 bits per heavy atom. The van der Waals surface area contributed by atoms with Crippen LogP contribution < -0.4 is 44.6 Å². The Balaban J connectivity index is 0.735. The number of phosphoric ester groups is 4. The molecule has 11 rings (SSSR count). The van der Waals surface area contributed by atoms with Gasteiger partial charge in [0.15, 0.2) is 11.2 Å². The summed E-state index contributed by atoms with van der Waals surface area (Å²) in [5.74, 6) is -0.387.